The predicted molar refractivity (Wildman–Crippen MR) is 71.5 cm³/mol. The number of alkyl halides is 3. The third-order valence-corrected chi connectivity index (χ3v) is 3.55. The fraction of sp³-hybridized carbons (Fsp3) is 0.214. The summed E-state index contributed by atoms with van der Waals surface area (Å²) in [4.78, 5) is 3.74. The fourth-order valence-corrected chi connectivity index (χ4v) is 2.22. The van der Waals surface area contributed by atoms with Crippen molar-refractivity contribution in [1.82, 2.24) is 4.98 Å². The second-order valence-corrected chi connectivity index (χ2v) is 4.80. The van der Waals surface area contributed by atoms with E-state index in [4.69, 9.17) is 17.3 Å². The molecule has 6 heteroatoms. The lowest BCUT2D eigenvalue weighted by molar-refractivity contribution is -0.138. The Kier molecular flexibility index (Phi) is 4.01. The summed E-state index contributed by atoms with van der Waals surface area (Å²) < 4.78 is 39.0. The molecule has 1 unspecified atom stereocenters. The fourth-order valence-electron chi connectivity index (χ4n) is 2.04. The molecule has 0 saturated carbocycles. The van der Waals surface area contributed by atoms with Gasteiger partial charge in [0, 0.05) is 23.0 Å². The van der Waals surface area contributed by atoms with Crippen LogP contribution in [0.15, 0.2) is 36.7 Å². The molecule has 106 valence electrons. The van der Waals surface area contributed by atoms with Gasteiger partial charge in [-0.15, -0.1) is 0 Å². The first-order valence-electron chi connectivity index (χ1n) is 5.84. The van der Waals surface area contributed by atoms with Crippen LogP contribution in [0.25, 0.3) is 0 Å². The summed E-state index contributed by atoms with van der Waals surface area (Å²) in [6, 6.07) is 4.99. The predicted octanol–water partition coefficient (Wildman–Crippen LogP) is 4.11. The second kappa shape index (κ2) is 5.42. The SMILES string of the molecule is Cc1c(Cl)cccc1C(N)c1cnccc1C(F)(F)F. The monoisotopic (exact) mass is 300 g/mol. The zero-order valence-corrected chi connectivity index (χ0v) is 11.3. The van der Waals surface area contributed by atoms with Crippen LogP contribution in [0, 0.1) is 6.92 Å². The maximum atomic E-state index is 13.0. The van der Waals surface area contributed by atoms with E-state index in [-0.39, 0.29) is 5.56 Å². The van der Waals surface area contributed by atoms with Gasteiger partial charge in [-0.25, -0.2) is 0 Å². The van der Waals surface area contributed by atoms with Gasteiger partial charge < -0.3 is 5.73 Å². The van der Waals surface area contributed by atoms with Crippen molar-refractivity contribution in [2.75, 3.05) is 0 Å². The van der Waals surface area contributed by atoms with Crippen LogP contribution in [0.1, 0.15) is 28.3 Å². The molecule has 0 bridgehead atoms. The highest BCUT2D eigenvalue weighted by Crippen LogP contribution is 2.36. The molecule has 2 rings (SSSR count). The summed E-state index contributed by atoms with van der Waals surface area (Å²) in [6.07, 6.45) is -2.22. The van der Waals surface area contributed by atoms with Gasteiger partial charge in [0.25, 0.3) is 0 Å². The first kappa shape index (κ1) is 14.8. The molecule has 0 aliphatic heterocycles. The van der Waals surface area contributed by atoms with Gasteiger partial charge in [-0.05, 0) is 30.2 Å². The maximum Gasteiger partial charge on any atom is 0.416 e. The molecule has 1 heterocycles. The maximum absolute atomic E-state index is 13.0. The first-order valence-corrected chi connectivity index (χ1v) is 6.22. The van der Waals surface area contributed by atoms with E-state index in [0.717, 1.165) is 18.5 Å². The zero-order chi connectivity index (χ0) is 14.9. The summed E-state index contributed by atoms with van der Waals surface area (Å²) in [5, 5.41) is 0.468. The van der Waals surface area contributed by atoms with Crippen LogP contribution in [0.4, 0.5) is 13.2 Å². The highest BCUT2D eigenvalue weighted by molar-refractivity contribution is 6.31. The Labute approximate surface area is 119 Å². The van der Waals surface area contributed by atoms with Gasteiger partial charge in [0.2, 0.25) is 0 Å². The highest BCUT2D eigenvalue weighted by atomic mass is 35.5. The van der Waals surface area contributed by atoms with Crippen molar-refractivity contribution in [3.63, 3.8) is 0 Å². The topological polar surface area (TPSA) is 38.9 Å². The molecule has 0 radical (unpaired) electrons. The average Bonchev–Trinajstić information content (AvgIpc) is 2.40. The lowest BCUT2D eigenvalue weighted by atomic mass is 9.93. The molecule has 20 heavy (non-hydrogen) atoms. The van der Waals surface area contributed by atoms with Gasteiger partial charge in [-0.3, -0.25) is 4.98 Å². The molecule has 1 aromatic heterocycles. The number of nitrogens with zero attached hydrogens (tertiary/aromatic N) is 1. The number of benzene rings is 1. The van der Waals surface area contributed by atoms with E-state index in [2.05, 4.69) is 4.98 Å². The third kappa shape index (κ3) is 2.78. The summed E-state index contributed by atoms with van der Waals surface area (Å²) in [7, 11) is 0. The number of aromatic nitrogens is 1. The molecule has 1 aromatic carbocycles. The van der Waals surface area contributed by atoms with Gasteiger partial charge in [-0.1, -0.05) is 23.7 Å². The van der Waals surface area contributed by atoms with E-state index < -0.39 is 17.8 Å². The number of halogens is 4. The van der Waals surface area contributed by atoms with Crippen LogP contribution in [-0.4, -0.2) is 4.98 Å². The van der Waals surface area contributed by atoms with E-state index in [9.17, 15) is 13.2 Å². The van der Waals surface area contributed by atoms with Crippen molar-refractivity contribution in [3.8, 4) is 0 Å². The number of rotatable bonds is 2. The van der Waals surface area contributed by atoms with E-state index in [0.29, 0.717) is 16.1 Å². The Hall–Kier alpha value is -1.59. The number of hydrogen-bond acceptors (Lipinski definition) is 2. The minimum Gasteiger partial charge on any atom is -0.320 e. The molecule has 0 aliphatic rings. The van der Waals surface area contributed by atoms with Crippen LogP contribution < -0.4 is 5.73 Å². The molecular formula is C14H12ClF3N2. The molecule has 1 atom stereocenters. The van der Waals surface area contributed by atoms with E-state index in [1.807, 2.05) is 0 Å². The molecule has 0 spiro atoms. The Morgan fingerprint density at radius 3 is 2.55 bits per heavy atom. The zero-order valence-electron chi connectivity index (χ0n) is 10.6. The molecule has 0 aliphatic carbocycles. The quantitative estimate of drug-likeness (QED) is 0.906. The van der Waals surface area contributed by atoms with E-state index in [1.54, 1.807) is 25.1 Å². The van der Waals surface area contributed by atoms with Gasteiger partial charge in [0.15, 0.2) is 0 Å². The average molecular weight is 301 g/mol. The van der Waals surface area contributed by atoms with Crippen LogP contribution in [0.3, 0.4) is 0 Å². The Morgan fingerprint density at radius 2 is 1.90 bits per heavy atom. The first-order chi connectivity index (χ1) is 9.32. The Bertz CT molecular complexity index is 626. The molecule has 0 amide bonds. The van der Waals surface area contributed by atoms with E-state index >= 15 is 0 Å². The van der Waals surface area contributed by atoms with E-state index in [1.165, 1.54) is 0 Å². The summed E-state index contributed by atoms with van der Waals surface area (Å²) >= 11 is 5.98. The van der Waals surface area contributed by atoms with Crippen LogP contribution in [0.5, 0.6) is 0 Å². The highest BCUT2D eigenvalue weighted by Gasteiger charge is 2.35. The minimum absolute atomic E-state index is 0.0645. The van der Waals surface area contributed by atoms with Crippen molar-refractivity contribution < 1.29 is 13.2 Å². The van der Waals surface area contributed by atoms with Crippen molar-refractivity contribution in [2.24, 2.45) is 5.73 Å². The number of pyridine rings is 1. The lowest BCUT2D eigenvalue weighted by Gasteiger charge is -2.20. The number of hydrogen-bond donors (Lipinski definition) is 1. The molecule has 2 nitrogen and oxygen atoms in total. The van der Waals surface area contributed by atoms with Crippen molar-refractivity contribution >= 4 is 11.6 Å². The third-order valence-electron chi connectivity index (χ3n) is 3.14. The van der Waals surface area contributed by atoms with Crippen molar-refractivity contribution in [3.05, 3.63) is 63.9 Å². The van der Waals surface area contributed by atoms with Crippen LogP contribution >= 0.6 is 11.6 Å². The molecule has 0 saturated heterocycles. The van der Waals surface area contributed by atoms with Gasteiger partial charge >= 0.3 is 6.18 Å². The second-order valence-electron chi connectivity index (χ2n) is 4.39. The largest absolute Gasteiger partial charge is 0.416 e. The summed E-state index contributed by atoms with van der Waals surface area (Å²) in [5.41, 5.74) is 6.36. The standard InChI is InChI=1S/C14H12ClF3N2/c1-8-9(3-2-4-12(8)15)13(19)10-7-20-6-5-11(10)14(16,17)18/h2-7,13H,19H2,1H3. The van der Waals surface area contributed by atoms with Gasteiger partial charge in [-0.2, -0.15) is 13.2 Å². The normalized spacial score (nSPS) is 13.3. The summed E-state index contributed by atoms with van der Waals surface area (Å²) in [6.45, 7) is 1.72. The van der Waals surface area contributed by atoms with Gasteiger partial charge in [0.1, 0.15) is 0 Å². The molecule has 0 fully saturated rings. The molecular weight excluding hydrogens is 289 g/mol. The van der Waals surface area contributed by atoms with Crippen molar-refractivity contribution in [2.45, 2.75) is 19.1 Å². The Morgan fingerprint density at radius 1 is 1.20 bits per heavy atom. The summed E-state index contributed by atoms with van der Waals surface area (Å²) in [5.74, 6) is 0. The Balaban J connectivity index is 2.55. The van der Waals surface area contributed by atoms with Crippen LogP contribution in [0.2, 0.25) is 5.02 Å². The smallest absolute Gasteiger partial charge is 0.320 e. The molecule has 2 N–H and O–H groups in total. The van der Waals surface area contributed by atoms with Crippen LogP contribution in [-0.2, 0) is 6.18 Å². The number of nitrogens with two attached hydrogens (primary N) is 1. The minimum atomic E-state index is -4.47. The molecule has 2 aromatic rings. The lowest BCUT2D eigenvalue weighted by Crippen LogP contribution is -2.19. The van der Waals surface area contributed by atoms with Crippen molar-refractivity contribution in [1.29, 1.82) is 0 Å². The van der Waals surface area contributed by atoms with Gasteiger partial charge in [0.05, 0.1) is 11.6 Å².